The van der Waals surface area contributed by atoms with Crippen molar-refractivity contribution in [1.29, 1.82) is 0 Å². The normalized spacial score (nSPS) is 15.2. The van der Waals surface area contributed by atoms with Gasteiger partial charge in [0.05, 0.1) is 0 Å². The first-order valence-electron chi connectivity index (χ1n) is 11.7. The number of anilines is 1. The van der Waals surface area contributed by atoms with Gasteiger partial charge in [-0.2, -0.15) is 0 Å². The standard InChI is InChI=1S/C27H28FN3O5/c28-20-8-12-23(13-9-20)36-22-10-6-19(7-11-22)18-29-26(34)24(32)25(33)27(35)31-16-14-30(15-17-31)21-4-2-1-3-5-21/h1-13,24-25,32-33H,14-18H2,(H,29,34)/t24-,25-/m1/s1. The summed E-state index contributed by atoms with van der Waals surface area (Å²) in [7, 11) is 0. The number of benzene rings is 3. The molecular formula is C27H28FN3O5. The van der Waals surface area contributed by atoms with Crippen molar-refractivity contribution < 1.29 is 28.9 Å². The highest BCUT2D eigenvalue weighted by atomic mass is 19.1. The first-order valence-corrected chi connectivity index (χ1v) is 11.7. The quantitative estimate of drug-likeness (QED) is 0.445. The fourth-order valence-electron chi connectivity index (χ4n) is 3.90. The maximum atomic E-state index is 13.0. The van der Waals surface area contributed by atoms with Gasteiger partial charge >= 0.3 is 0 Å². The fourth-order valence-corrected chi connectivity index (χ4v) is 3.90. The van der Waals surface area contributed by atoms with E-state index in [1.54, 1.807) is 24.3 Å². The lowest BCUT2D eigenvalue weighted by Gasteiger charge is -2.37. The maximum absolute atomic E-state index is 13.0. The third-order valence-corrected chi connectivity index (χ3v) is 5.97. The number of para-hydroxylation sites is 1. The van der Waals surface area contributed by atoms with Crippen LogP contribution in [0.4, 0.5) is 10.1 Å². The van der Waals surface area contributed by atoms with Crippen LogP contribution in [-0.2, 0) is 16.1 Å². The molecule has 2 atom stereocenters. The van der Waals surface area contributed by atoms with Crippen molar-refractivity contribution in [1.82, 2.24) is 10.2 Å². The Morgan fingerprint density at radius 2 is 1.42 bits per heavy atom. The van der Waals surface area contributed by atoms with Crippen LogP contribution in [0.2, 0.25) is 0 Å². The lowest BCUT2D eigenvalue weighted by Crippen LogP contribution is -2.55. The number of aliphatic hydroxyl groups is 2. The predicted octanol–water partition coefficient (Wildman–Crippen LogP) is 2.30. The van der Waals surface area contributed by atoms with E-state index in [1.807, 2.05) is 30.3 Å². The van der Waals surface area contributed by atoms with Gasteiger partial charge in [0.15, 0.2) is 12.2 Å². The number of halogens is 1. The summed E-state index contributed by atoms with van der Waals surface area (Å²) < 4.78 is 18.6. The molecule has 1 aliphatic rings. The molecule has 0 radical (unpaired) electrons. The molecule has 36 heavy (non-hydrogen) atoms. The molecule has 9 heteroatoms. The zero-order chi connectivity index (χ0) is 25.5. The molecule has 0 aliphatic carbocycles. The Morgan fingerprint density at radius 3 is 2.03 bits per heavy atom. The van der Waals surface area contributed by atoms with E-state index < -0.39 is 24.0 Å². The summed E-state index contributed by atoms with van der Waals surface area (Å²) in [5.74, 6) is -0.850. The molecule has 8 nitrogen and oxygen atoms in total. The molecule has 1 saturated heterocycles. The number of aliphatic hydroxyl groups excluding tert-OH is 2. The maximum Gasteiger partial charge on any atom is 0.254 e. The molecule has 4 rings (SSSR count). The van der Waals surface area contributed by atoms with Gasteiger partial charge in [-0.05, 0) is 54.1 Å². The van der Waals surface area contributed by atoms with Crippen molar-refractivity contribution in [3.63, 3.8) is 0 Å². The van der Waals surface area contributed by atoms with Gasteiger partial charge in [-0.15, -0.1) is 0 Å². The molecule has 3 aromatic rings. The van der Waals surface area contributed by atoms with Crippen molar-refractivity contribution in [2.45, 2.75) is 18.8 Å². The minimum atomic E-state index is -1.88. The molecule has 0 aromatic heterocycles. The van der Waals surface area contributed by atoms with Crippen LogP contribution in [0.15, 0.2) is 78.9 Å². The average molecular weight is 494 g/mol. The first kappa shape index (κ1) is 25.2. The van der Waals surface area contributed by atoms with E-state index in [0.717, 1.165) is 11.3 Å². The highest BCUT2D eigenvalue weighted by molar-refractivity contribution is 5.90. The minimum Gasteiger partial charge on any atom is -0.457 e. The van der Waals surface area contributed by atoms with Crippen LogP contribution in [-0.4, -0.2) is 65.3 Å². The number of rotatable bonds is 8. The Labute approximate surface area is 208 Å². The monoisotopic (exact) mass is 493 g/mol. The Hall–Kier alpha value is -3.95. The van der Waals surface area contributed by atoms with E-state index in [-0.39, 0.29) is 12.4 Å². The number of piperazine rings is 1. The van der Waals surface area contributed by atoms with Crippen molar-refractivity contribution >= 4 is 17.5 Å². The number of carbonyl (C=O) groups is 2. The number of hydrogen-bond acceptors (Lipinski definition) is 6. The third kappa shape index (κ3) is 6.38. The van der Waals surface area contributed by atoms with Crippen LogP contribution in [0.25, 0.3) is 0 Å². The van der Waals surface area contributed by atoms with Gasteiger partial charge < -0.3 is 30.1 Å². The lowest BCUT2D eigenvalue weighted by atomic mass is 10.1. The summed E-state index contributed by atoms with van der Waals surface area (Å²) in [6.45, 7) is 2.03. The van der Waals surface area contributed by atoms with Crippen molar-refractivity contribution in [3.05, 3.63) is 90.2 Å². The molecule has 3 N–H and O–H groups in total. The van der Waals surface area contributed by atoms with Gasteiger partial charge in [0.25, 0.3) is 11.8 Å². The van der Waals surface area contributed by atoms with Gasteiger partial charge in [-0.3, -0.25) is 9.59 Å². The van der Waals surface area contributed by atoms with Crippen LogP contribution in [0.3, 0.4) is 0 Å². The minimum absolute atomic E-state index is 0.0867. The zero-order valence-electron chi connectivity index (χ0n) is 19.6. The molecule has 3 aromatic carbocycles. The van der Waals surface area contributed by atoms with Crippen LogP contribution >= 0.6 is 0 Å². The van der Waals surface area contributed by atoms with Gasteiger partial charge in [0.1, 0.15) is 17.3 Å². The van der Waals surface area contributed by atoms with Crippen molar-refractivity contribution in [2.24, 2.45) is 0 Å². The molecule has 0 bridgehead atoms. The van der Waals surface area contributed by atoms with Gasteiger partial charge in [-0.25, -0.2) is 4.39 Å². The van der Waals surface area contributed by atoms with Gasteiger partial charge in [0.2, 0.25) is 0 Å². The van der Waals surface area contributed by atoms with Crippen molar-refractivity contribution in [2.75, 3.05) is 31.1 Å². The zero-order valence-corrected chi connectivity index (χ0v) is 19.6. The van der Waals surface area contributed by atoms with Crippen LogP contribution in [0, 0.1) is 5.82 Å². The molecular weight excluding hydrogens is 465 g/mol. The Balaban J connectivity index is 1.23. The van der Waals surface area contributed by atoms with E-state index in [9.17, 15) is 24.2 Å². The second kappa shape index (κ2) is 11.7. The molecule has 2 amide bonds. The summed E-state index contributed by atoms with van der Waals surface area (Å²) in [6, 6.07) is 22.3. The second-order valence-corrected chi connectivity index (χ2v) is 8.46. The van der Waals surface area contributed by atoms with E-state index in [0.29, 0.717) is 37.7 Å². The molecule has 188 valence electrons. The van der Waals surface area contributed by atoms with E-state index in [4.69, 9.17) is 4.74 Å². The highest BCUT2D eigenvalue weighted by Gasteiger charge is 2.34. The van der Waals surface area contributed by atoms with E-state index >= 15 is 0 Å². The topological polar surface area (TPSA) is 102 Å². The van der Waals surface area contributed by atoms with E-state index in [1.165, 1.54) is 29.2 Å². The Morgan fingerprint density at radius 1 is 0.833 bits per heavy atom. The molecule has 0 unspecified atom stereocenters. The van der Waals surface area contributed by atoms with Crippen molar-refractivity contribution in [3.8, 4) is 11.5 Å². The summed E-state index contributed by atoms with van der Waals surface area (Å²) in [5, 5.41) is 23.1. The van der Waals surface area contributed by atoms with Crippen LogP contribution in [0.1, 0.15) is 5.56 Å². The average Bonchev–Trinajstić information content (AvgIpc) is 2.93. The van der Waals surface area contributed by atoms with E-state index in [2.05, 4.69) is 10.2 Å². The Bertz CT molecular complexity index is 1150. The molecule has 1 fully saturated rings. The number of carbonyl (C=O) groups excluding carboxylic acids is 2. The summed E-state index contributed by atoms with van der Waals surface area (Å²) in [4.78, 5) is 28.6. The highest BCUT2D eigenvalue weighted by Crippen LogP contribution is 2.22. The fraction of sp³-hybridized carbons (Fsp3) is 0.259. The number of nitrogens with zero attached hydrogens (tertiary/aromatic N) is 2. The molecule has 0 spiro atoms. The smallest absolute Gasteiger partial charge is 0.254 e. The number of ether oxygens (including phenoxy) is 1. The van der Waals surface area contributed by atoms with Gasteiger partial charge in [0, 0.05) is 38.4 Å². The Kier molecular flexibility index (Phi) is 8.14. The number of nitrogens with one attached hydrogen (secondary N) is 1. The predicted molar refractivity (Wildman–Crippen MR) is 132 cm³/mol. The van der Waals surface area contributed by atoms with Crippen LogP contribution < -0.4 is 15.0 Å². The lowest BCUT2D eigenvalue weighted by molar-refractivity contribution is -0.153. The summed E-state index contributed by atoms with van der Waals surface area (Å²) in [6.07, 6.45) is -3.73. The first-order chi connectivity index (χ1) is 17.4. The largest absolute Gasteiger partial charge is 0.457 e. The molecule has 0 saturated carbocycles. The number of amides is 2. The molecule has 1 heterocycles. The third-order valence-electron chi connectivity index (χ3n) is 5.97. The second-order valence-electron chi connectivity index (χ2n) is 8.46. The summed E-state index contributed by atoms with van der Waals surface area (Å²) in [5.41, 5.74) is 1.78. The molecule has 1 aliphatic heterocycles. The van der Waals surface area contributed by atoms with Crippen LogP contribution in [0.5, 0.6) is 11.5 Å². The SMILES string of the molecule is O=C(NCc1ccc(Oc2ccc(F)cc2)cc1)[C@H](O)[C@@H](O)C(=O)N1CCN(c2ccccc2)CC1. The number of hydrogen-bond donors (Lipinski definition) is 3. The van der Waals surface area contributed by atoms with Gasteiger partial charge in [-0.1, -0.05) is 30.3 Å². The summed E-state index contributed by atoms with van der Waals surface area (Å²) >= 11 is 0.